The van der Waals surface area contributed by atoms with Crippen LogP contribution < -0.4 is 5.32 Å². The number of amides is 3. The van der Waals surface area contributed by atoms with Crippen LogP contribution in [0, 0.1) is 0 Å². The van der Waals surface area contributed by atoms with E-state index in [0.29, 0.717) is 24.4 Å². The Balaban J connectivity index is 0.000000267. The Morgan fingerprint density at radius 2 is 1.66 bits per heavy atom. The molecule has 2 heterocycles. The van der Waals surface area contributed by atoms with E-state index in [-0.39, 0.29) is 17.7 Å². The summed E-state index contributed by atoms with van der Waals surface area (Å²) in [5.74, 6) is 0.349. The predicted molar refractivity (Wildman–Crippen MR) is 117 cm³/mol. The molecule has 6 nitrogen and oxygen atoms in total. The summed E-state index contributed by atoms with van der Waals surface area (Å²) in [6, 6.07) is 7.04. The molecule has 162 valence electrons. The van der Waals surface area contributed by atoms with Gasteiger partial charge < -0.3 is 10.2 Å². The van der Waals surface area contributed by atoms with Crippen LogP contribution >= 0.6 is 11.6 Å². The molecule has 2 fully saturated rings. The SMILES string of the molecule is CCN(CC)CC.O=C1CCCN1.O=C1CCCN1C(=O)c1ccc(CCl)cc1. The monoisotopic (exact) mass is 423 g/mol. The lowest BCUT2D eigenvalue weighted by molar-refractivity contribution is -0.125. The van der Waals surface area contributed by atoms with Gasteiger partial charge in [-0.3, -0.25) is 19.3 Å². The fourth-order valence-electron chi connectivity index (χ4n) is 2.99. The summed E-state index contributed by atoms with van der Waals surface area (Å²) < 4.78 is 0. The number of halogens is 1. The van der Waals surface area contributed by atoms with Gasteiger partial charge >= 0.3 is 0 Å². The molecule has 0 radical (unpaired) electrons. The summed E-state index contributed by atoms with van der Waals surface area (Å²) in [4.78, 5) is 37.1. The van der Waals surface area contributed by atoms with Crippen molar-refractivity contribution in [3.63, 3.8) is 0 Å². The molecule has 2 aliphatic rings. The number of hydrogen-bond donors (Lipinski definition) is 1. The van der Waals surface area contributed by atoms with Crippen molar-refractivity contribution in [1.82, 2.24) is 15.1 Å². The third-order valence-corrected chi connectivity index (χ3v) is 5.23. The van der Waals surface area contributed by atoms with Crippen LogP contribution in [0.2, 0.25) is 0 Å². The van der Waals surface area contributed by atoms with Gasteiger partial charge in [-0.2, -0.15) is 0 Å². The first-order chi connectivity index (χ1) is 14.0. The number of likely N-dealkylation sites (tertiary alicyclic amines) is 1. The fourth-order valence-corrected chi connectivity index (χ4v) is 3.17. The van der Waals surface area contributed by atoms with Crippen LogP contribution in [0.3, 0.4) is 0 Å². The minimum Gasteiger partial charge on any atom is -0.356 e. The Bertz CT molecular complexity index is 632. The van der Waals surface area contributed by atoms with Gasteiger partial charge in [-0.25, -0.2) is 0 Å². The zero-order valence-corrected chi connectivity index (χ0v) is 18.6. The van der Waals surface area contributed by atoms with Crippen molar-refractivity contribution in [2.45, 2.75) is 52.3 Å². The van der Waals surface area contributed by atoms with Crippen LogP contribution in [0.1, 0.15) is 62.4 Å². The molecule has 1 aromatic rings. The zero-order valence-electron chi connectivity index (χ0n) is 17.9. The van der Waals surface area contributed by atoms with Gasteiger partial charge in [0, 0.05) is 37.4 Å². The Morgan fingerprint density at radius 1 is 1.03 bits per heavy atom. The highest BCUT2D eigenvalue weighted by atomic mass is 35.5. The van der Waals surface area contributed by atoms with Gasteiger partial charge in [0.15, 0.2) is 0 Å². The van der Waals surface area contributed by atoms with E-state index in [0.717, 1.165) is 31.4 Å². The van der Waals surface area contributed by atoms with Crippen molar-refractivity contribution >= 4 is 29.3 Å². The first-order valence-electron chi connectivity index (χ1n) is 10.4. The lowest BCUT2D eigenvalue weighted by Crippen LogP contribution is -2.31. The van der Waals surface area contributed by atoms with E-state index >= 15 is 0 Å². The highest BCUT2D eigenvalue weighted by Crippen LogP contribution is 2.15. The average Bonchev–Trinajstić information content (AvgIpc) is 3.40. The molecule has 2 aliphatic heterocycles. The standard InChI is InChI=1S/C12H12ClNO2.C6H15N.C4H7NO/c13-8-9-3-5-10(6-4-9)12(16)14-7-1-2-11(14)15;1-4-7(5-2)6-3;6-4-2-1-3-5-4/h3-6H,1-2,7-8H2;4-6H2,1-3H3;1-3H2,(H,5,6). The first kappa shape index (κ1) is 25.1. The van der Waals surface area contributed by atoms with Crippen LogP contribution in [0.15, 0.2) is 24.3 Å². The molecule has 0 bridgehead atoms. The maximum Gasteiger partial charge on any atom is 0.260 e. The number of carbonyl (C=O) groups excluding carboxylic acids is 3. The van der Waals surface area contributed by atoms with E-state index in [1.807, 2.05) is 0 Å². The van der Waals surface area contributed by atoms with Gasteiger partial charge in [0.1, 0.15) is 0 Å². The zero-order chi connectivity index (χ0) is 21.6. The third-order valence-electron chi connectivity index (χ3n) is 4.92. The number of nitrogens with one attached hydrogen (secondary N) is 1. The molecular formula is C22H34ClN3O3. The van der Waals surface area contributed by atoms with Crippen molar-refractivity contribution < 1.29 is 14.4 Å². The second kappa shape index (κ2) is 14.1. The molecule has 0 unspecified atom stereocenters. The normalized spacial score (nSPS) is 15.4. The average molecular weight is 424 g/mol. The van der Waals surface area contributed by atoms with Crippen LogP contribution in [0.4, 0.5) is 0 Å². The van der Waals surface area contributed by atoms with E-state index in [1.165, 1.54) is 24.5 Å². The van der Waals surface area contributed by atoms with E-state index < -0.39 is 0 Å². The van der Waals surface area contributed by atoms with Crippen LogP contribution in [-0.4, -0.2) is 60.2 Å². The number of imide groups is 1. The molecule has 0 saturated carbocycles. The summed E-state index contributed by atoms with van der Waals surface area (Å²) in [6.07, 6.45) is 3.01. The van der Waals surface area contributed by atoms with Gasteiger partial charge in [0.05, 0.1) is 0 Å². The lowest BCUT2D eigenvalue weighted by atomic mass is 10.1. The maximum atomic E-state index is 11.9. The van der Waals surface area contributed by atoms with Crippen molar-refractivity contribution in [3.8, 4) is 0 Å². The predicted octanol–water partition coefficient (Wildman–Crippen LogP) is 3.43. The summed E-state index contributed by atoms with van der Waals surface area (Å²) in [6.45, 7) is 11.5. The largest absolute Gasteiger partial charge is 0.356 e. The molecule has 0 atom stereocenters. The highest BCUT2D eigenvalue weighted by Gasteiger charge is 2.26. The number of rotatable bonds is 5. The number of hydrogen-bond acceptors (Lipinski definition) is 4. The molecule has 7 heteroatoms. The Kier molecular flexibility index (Phi) is 12.2. The third kappa shape index (κ3) is 8.96. The molecule has 1 N–H and O–H groups in total. The van der Waals surface area contributed by atoms with Gasteiger partial charge in [-0.05, 0) is 50.2 Å². The molecule has 0 aromatic heterocycles. The smallest absolute Gasteiger partial charge is 0.260 e. The summed E-state index contributed by atoms with van der Waals surface area (Å²) in [5, 5.41) is 2.68. The maximum absolute atomic E-state index is 11.9. The minimum absolute atomic E-state index is 0.0774. The lowest BCUT2D eigenvalue weighted by Gasteiger charge is -2.13. The summed E-state index contributed by atoms with van der Waals surface area (Å²) in [5.41, 5.74) is 1.51. The molecule has 3 rings (SSSR count). The number of alkyl halides is 1. The molecule has 3 amide bonds. The van der Waals surface area contributed by atoms with Crippen LogP contribution in [0.25, 0.3) is 0 Å². The second-order valence-electron chi connectivity index (χ2n) is 6.86. The fraction of sp³-hybridized carbons (Fsp3) is 0.591. The minimum atomic E-state index is -0.205. The Morgan fingerprint density at radius 3 is 1.97 bits per heavy atom. The molecule has 0 spiro atoms. The Labute approximate surface area is 179 Å². The van der Waals surface area contributed by atoms with E-state index in [9.17, 15) is 14.4 Å². The number of benzene rings is 1. The van der Waals surface area contributed by atoms with E-state index in [1.54, 1.807) is 24.3 Å². The van der Waals surface area contributed by atoms with Gasteiger partial charge in [-0.1, -0.05) is 32.9 Å². The quantitative estimate of drug-likeness (QED) is 0.581. The Hall–Kier alpha value is -1.92. The second-order valence-corrected chi connectivity index (χ2v) is 7.12. The van der Waals surface area contributed by atoms with Gasteiger partial charge in [-0.15, -0.1) is 11.6 Å². The molecule has 0 aliphatic carbocycles. The molecule has 2 saturated heterocycles. The van der Waals surface area contributed by atoms with Crippen molar-refractivity contribution in [2.24, 2.45) is 0 Å². The number of nitrogens with zero attached hydrogens (tertiary/aromatic N) is 2. The van der Waals surface area contributed by atoms with Crippen molar-refractivity contribution in [3.05, 3.63) is 35.4 Å². The summed E-state index contributed by atoms with van der Waals surface area (Å²) >= 11 is 5.66. The number of carbonyl (C=O) groups is 3. The van der Waals surface area contributed by atoms with E-state index in [2.05, 4.69) is 31.0 Å². The van der Waals surface area contributed by atoms with Gasteiger partial charge in [0.2, 0.25) is 11.8 Å². The van der Waals surface area contributed by atoms with Crippen molar-refractivity contribution in [2.75, 3.05) is 32.7 Å². The van der Waals surface area contributed by atoms with Crippen molar-refractivity contribution in [1.29, 1.82) is 0 Å². The topological polar surface area (TPSA) is 69.7 Å². The van der Waals surface area contributed by atoms with E-state index in [4.69, 9.17) is 11.6 Å². The summed E-state index contributed by atoms with van der Waals surface area (Å²) in [7, 11) is 0. The van der Waals surface area contributed by atoms with Crippen LogP contribution in [-0.2, 0) is 15.5 Å². The molecular weight excluding hydrogens is 390 g/mol. The highest BCUT2D eigenvalue weighted by molar-refractivity contribution is 6.17. The molecule has 29 heavy (non-hydrogen) atoms. The molecule has 1 aromatic carbocycles. The van der Waals surface area contributed by atoms with Crippen LogP contribution in [0.5, 0.6) is 0 Å². The first-order valence-corrected chi connectivity index (χ1v) is 11.0. The van der Waals surface area contributed by atoms with Gasteiger partial charge in [0.25, 0.3) is 5.91 Å².